The first kappa shape index (κ1) is 17.8. The van der Waals surface area contributed by atoms with Crippen molar-refractivity contribution in [2.75, 3.05) is 24.7 Å². The van der Waals surface area contributed by atoms with Gasteiger partial charge in [0.1, 0.15) is 0 Å². The number of anilines is 1. The van der Waals surface area contributed by atoms with Crippen molar-refractivity contribution in [3.8, 4) is 0 Å². The fourth-order valence-corrected chi connectivity index (χ4v) is 3.33. The molecule has 6 heteroatoms. The SMILES string of the molecule is CSc1cccc(NC(=O)N(Cc2cccnc2)CC2CCCO2)c1. The molecule has 1 aromatic carbocycles. The molecule has 1 unspecified atom stereocenters. The van der Waals surface area contributed by atoms with Crippen LogP contribution in [0.1, 0.15) is 18.4 Å². The molecule has 1 aromatic heterocycles. The van der Waals surface area contributed by atoms with Crippen molar-refractivity contribution in [3.63, 3.8) is 0 Å². The topological polar surface area (TPSA) is 54.5 Å². The molecular weight excluding hydrogens is 334 g/mol. The highest BCUT2D eigenvalue weighted by molar-refractivity contribution is 7.98. The first-order chi connectivity index (χ1) is 12.2. The third kappa shape index (κ3) is 5.21. The lowest BCUT2D eigenvalue weighted by molar-refractivity contribution is 0.0819. The number of rotatable bonds is 6. The number of nitrogens with one attached hydrogen (secondary N) is 1. The molecule has 1 saturated heterocycles. The molecule has 0 spiro atoms. The number of carbonyl (C=O) groups is 1. The fraction of sp³-hybridized carbons (Fsp3) is 0.368. The van der Waals surface area contributed by atoms with E-state index >= 15 is 0 Å². The van der Waals surface area contributed by atoms with Crippen molar-refractivity contribution in [1.29, 1.82) is 0 Å². The Bertz CT molecular complexity index is 690. The molecule has 1 aliphatic heterocycles. The molecule has 132 valence electrons. The van der Waals surface area contributed by atoms with E-state index in [1.807, 2.05) is 42.7 Å². The summed E-state index contributed by atoms with van der Waals surface area (Å²) in [6.07, 6.45) is 7.72. The molecule has 0 bridgehead atoms. The number of thioether (sulfide) groups is 1. The third-order valence-corrected chi connectivity index (χ3v) is 4.88. The first-order valence-electron chi connectivity index (χ1n) is 8.45. The average Bonchev–Trinajstić information content (AvgIpc) is 3.15. The molecule has 0 saturated carbocycles. The molecule has 1 atom stereocenters. The molecule has 2 amide bonds. The second-order valence-electron chi connectivity index (χ2n) is 6.04. The Morgan fingerprint density at radius 1 is 1.40 bits per heavy atom. The van der Waals surface area contributed by atoms with Gasteiger partial charge in [-0.3, -0.25) is 4.98 Å². The summed E-state index contributed by atoms with van der Waals surface area (Å²) in [4.78, 5) is 19.9. The van der Waals surface area contributed by atoms with Crippen molar-refractivity contribution in [3.05, 3.63) is 54.4 Å². The number of urea groups is 1. The van der Waals surface area contributed by atoms with E-state index in [0.29, 0.717) is 13.1 Å². The molecule has 25 heavy (non-hydrogen) atoms. The summed E-state index contributed by atoms with van der Waals surface area (Å²) in [6, 6.07) is 11.6. The second-order valence-corrected chi connectivity index (χ2v) is 6.92. The maximum atomic E-state index is 12.8. The molecule has 1 N–H and O–H groups in total. The van der Waals surface area contributed by atoms with Crippen LogP contribution >= 0.6 is 11.8 Å². The molecule has 3 rings (SSSR count). The van der Waals surface area contributed by atoms with E-state index in [-0.39, 0.29) is 12.1 Å². The van der Waals surface area contributed by atoms with E-state index in [4.69, 9.17) is 4.74 Å². The van der Waals surface area contributed by atoms with E-state index < -0.39 is 0 Å². The molecule has 2 heterocycles. The van der Waals surface area contributed by atoms with E-state index in [2.05, 4.69) is 10.3 Å². The van der Waals surface area contributed by atoms with Gasteiger partial charge in [0.15, 0.2) is 0 Å². The van der Waals surface area contributed by atoms with Crippen LogP contribution in [0.5, 0.6) is 0 Å². The molecule has 0 radical (unpaired) electrons. The zero-order valence-electron chi connectivity index (χ0n) is 14.4. The van der Waals surface area contributed by atoms with Crippen molar-refractivity contribution < 1.29 is 9.53 Å². The van der Waals surface area contributed by atoms with E-state index in [1.54, 1.807) is 29.1 Å². The Kier molecular flexibility index (Phi) is 6.30. The summed E-state index contributed by atoms with van der Waals surface area (Å²) in [6.45, 7) is 1.88. The average molecular weight is 357 g/mol. The summed E-state index contributed by atoms with van der Waals surface area (Å²) in [5, 5.41) is 3.01. The number of benzene rings is 1. The van der Waals surface area contributed by atoms with Crippen molar-refractivity contribution in [2.45, 2.75) is 30.4 Å². The van der Waals surface area contributed by atoms with Gasteiger partial charge >= 0.3 is 6.03 Å². The molecule has 1 aliphatic rings. The number of hydrogen-bond acceptors (Lipinski definition) is 4. The second kappa shape index (κ2) is 8.87. The van der Waals surface area contributed by atoms with E-state index in [0.717, 1.165) is 35.6 Å². The van der Waals surface area contributed by atoms with Crippen LogP contribution < -0.4 is 5.32 Å². The van der Waals surface area contributed by atoms with Crippen LogP contribution in [0.25, 0.3) is 0 Å². The molecular formula is C19H23N3O2S. The van der Waals surface area contributed by atoms with Gasteiger partial charge in [-0.1, -0.05) is 12.1 Å². The van der Waals surface area contributed by atoms with Crippen LogP contribution in [0.15, 0.2) is 53.7 Å². The minimum absolute atomic E-state index is 0.111. The summed E-state index contributed by atoms with van der Waals surface area (Å²) >= 11 is 1.65. The zero-order valence-corrected chi connectivity index (χ0v) is 15.2. The maximum absolute atomic E-state index is 12.8. The zero-order chi connectivity index (χ0) is 17.5. The first-order valence-corrected chi connectivity index (χ1v) is 9.67. The summed E-state index contributed by atoms with van der Waals surface area (Å²) in [5.41, 5.74) is 1.81. The number of ether oxygens (including phenoxy) is 1. The lowest BCUT2D eigenvalue weighted by Gasteiger charge is -2.26. The van der Waals surface area contributed by atoms with Gasteiger partial charge in [-0.15, -0.1) is 11.8 Å². The maximum Gasteiger partial charge on any atom is 0.322 e. The van der Waals surface area contributed by atoms with Gasteiger partial charge < -0.3 is 15.0 Å². The number of carbonyl (C=O) groups excluding carboxylic acids is 1. The lowest BCUT2D eigenvalue weighted by atomic mass is 10.2. The monoisotopic (exact) mass is 357 g/mol. The fourth-order valence-electron chi connectivity index (χ4n) is 2.87. The largest absolute Gasteiger partial charge is 0.376 e. The molecule has 0 aliphatic carbocycles. The number of nitrogens with zero attached hydrogens (tertiary/aromatic N) is 2. The predicted molar refractivity (Wildman–Crippen MR) is 101 cm³/mol. The van der Waals surface area contributed by atoms with Gasteiger partial charge in [-0.25, -0.2) is 4.79 Å². The van der Waals surface area contributed by atoms with Crippen molar-refractivity contribution in [2.24, 2.45) is 0 Å². The Morgan fingerprint density at radius 3 is 3.04 bits per heavy atom. The van der Waals surface area contributed by atoms with Crippen LogP contribution in [-0.2, 0) is 11.3 Å². The number of pyridine rings is 1. The lowest BCUT2D eigenvalue weighted by Crippen LogP contribution is -2.39. The molecule has 5 nitrogen and oxygen atoms in total. The van der Waals surface area contributed by atoms with Crippen LogP contribution in [0, 0.1) is 0 Å². The van der Waals surface area contributed by atoms with Crippen LogP contribution in [0.4, 0.5) is 10.5 Å². The van der Waals surface area contributed by atoms with Gasteiger partial charge in [0.25, 0.3) is 0 Å². The smallest absolute Gasteiger partial charge is 0.322 e. The van der Waals surface area contributed by atoms with Crippen molar-refractivity contribution >= 4 is 23.5 Å². The summed E-state index contributed by atoms with van der Waals surface area (Å²) in [7, 11) is 0. The minimum Gasteiger partial charge on any atom is -0.376 e. The Hall–Kier alpha value is -2.05. The quantitative estimate of drug-likeness (QED) is 0.794. The number of amides is 2. The normalized spacial score (nSPS) is 16.6. The molecule has 2 aromatic rings. The predicted octanol–water partition coefficient (Wildman–Crippen LogP) is 4.02. The Labute approximate surface area is 152 Å². The van der Waals surface area contributed by atoms with Gasteiger partial charge in [0, 0.05) is 42.7 Å². The Morgan fingerprint density at radius 2 is 2.32 bits per heavy atom. The highest BCUT2D eigenvalue weighted by atomic mass is 32.2. The van der Waals surface area contributed by atoms with Gasteiger partial charge in [-0.05, 0) is 48.9 Å². The highest BCUT2D eigenvalue weighted by Crippen LogP contribution is 2.20. The Balaban J connectivity index is 1.70. The highest BCUT2D eigenvalue weighted by Gasteiger charge is 2.23. The summed E-state index contributed by atoms with van der Waals surface area (Å²) in [5.74, 6) is 0. The van der Waals surface area contributed by atoms with Crippen molar-refractivity contribution in [1.82, 2.24) is 9.88 Å². The van der Waals surface area contributed by atoms with Gasteiger partial charge in [0.2, 0.25) is 0 Å². The van der Waals surface area contributed by atoms with Gasteiger partial charge in [-0.2, -0.15) is 0 Å². The van der Waals surface area contributed by atoms with E-state index in [9.17, 15) is 4.79 Å². The van der Waals surface area contributed by atoms with Crippen LogP contribution in [0.3, 0.4) is 0 Å². The van der Waals surface area contributed by atoms with Crippen LogP contribution in [0.2, 0.25) is 0 Å². The number of hydrogen-bond donors (Lipinski definition) is 1. The third-order valence-electron chi connectivity index (χ3n) is 4.15. The van der Waals surface area contributed by atoms with Crippen LogP contribution in [-0.4, -0.2) is 41.4 Å². The number of aromatic nitrogens is 1. The van der Waals surface area contributed by atoms with Gasteiger partial charge in [0.05, 0.1) is 6.10 Å². The summed E-state index contributed by atoms with van der Waals surface area (Å²) < 4.78 is 5.72. The molecule has 1 fully saturated rings. The standard InChI is InChI=1S/C19H23N3O2S/c1-25-18-8-2-6-16(11-18)21-19(23)22(14-17-7-4-10-24-17)13-15-5-3-9-20-12-15/h2-3,5-6,8-9,11-12,17H,4,7,10,13-14H2,1H3,(H,21,23). The minimum atomic E-state index is -0.113. The van der Waals surface area contributed by atoms with E-state index in [1.165, 1.54) is 0 Å².